The molecule has 0 bridgehead atoms. The molecule has 0 aliphatic carbocycles. The Morgan fingerprint density at radius 1 is 1.06 bits per heavy atom. The first-order valence-electron chi connectivity index (χ1n) is 12.2. The van der Waals surface area contributed by atoms with Crippen molar-refractivity contribution in [3.05, 3.63) is 64.7 Å². The molecule has 8 nitrogen and oxygen atoms in total. The van der Waals surface area contributed by atoms with Gasteiger partial charge in [0.1, 0.15) is 18.4 Å². The third kappa shape index (κ3) is 4.62. The molecule has 2 saturated heterocycles. The monoisotopic (exact) mass is 451 g/mol. The number of amides is 3. The Morgan fingerprint density at radius 3 is 2.61 bits per heavy atom. The first-order chi connectivity index (χ1) is 16.9. The van der Waals surface area contributed by atoms with Crippen molar-refractivity contribution < 1.29 is 26.6 Å². The molecule has 0 saturated carbocycles. The zero-order chi connectivity index (χ0) is 24.5. The SMILES string of the molecule is [2H]C1C(=O)NC(=O)C(N2Cc3c(OCc4ccc(CN5CCOCC5)cc4)cccc3C2=O)C1[2H]. The lowest BCUT2D eigenvalue weighted by Gasteiger charge is -2.29. The van der Waals surface area contributed by atoms with Gasteiger partial charge in [0.25, 0.3) is 5.91 Å². The molecule has 5 rings (SSSR count). The average Bonchev–Trinajstić information content (AvgIpc) is 3.19. The second-order valence-corrected chi connectivity index (χ2v) is 8.37. The summed E-state index contributed by atoms with van der Waals surface area (Å²) in [5.74, 6) is -1.40. The van der Waals surface area contributed by atoms with Gasteiger partial charge in [-0.15, -0.1) is 0 Å². The summed E-state index contributed by atoms with van der Waals surface area (Å²) in [6.07, 6.45) is -2.79. The molecule has 3 aliphatic heterocycles. The van der Waals surface area contributed by atoms with Crippen LogP contribution in [0.4, 0.5) is 0 Å². The Bertz CT molecular complexity index is 1140. The summed E-state index contributed by atoms with van der Waals surface area (Å²) < 4.78 is 27.5. The first-order valence-corrected chi connectivity index (χ1v) is 11.0. The van der Waals surface area contributed by atoms with Gasteiger partial charge in [-0.2, -0.15) is 0 Å². The van der Waals surface area contributed by atoms with Crippen molar-refractivity contribution in [3.63, 3.8) is 0 Å². The molecule has 2 aromatic rings. The minimum atomic E-state index is -1.43. The largest absolute Gasteiger partial charge is 0.489 e. The van der Waals surface area contributed by atoms with E-state index >= 15 is 0 Å². The lowest BCUT2D eigenvalue weighted by molar-refractivity contribution is -0.136. The maximum Gasteiger partial charge on any atom is 0.255 e. The van der Waals surface area contributed by atoms with Gasteiger partial charge < -0.3 is 14.4 Å². The van der Waals surface area contributed by atoms with Crippen LogP contribution in [-0.4, -0.2) is 59.9 Å². The molecule has 33 heavy (non-hydrogen) atoms. The third-order valence-corrected chi connectivity index (χ3v) is 6.16. The number of fused-ring (bicyclic) bond motifs is 1. The number of carbonyl (C=O) groups is 3. The fourth-order valence-corrected chi connectivity index (χ4v) is 4.35. The quantitative estimate of drug-likeness (QED) is 0.675. The number of piperidine rings is 1. The number of hydrogen-bond acceptors (Lipinski definition) is 6. The van der Waals surface area contributed by atoms with Crippen LogP contribution in [0.25, 0.3) is 0 Å². The van der Waals surface area contributed by atoms with Gasteiger partial charge in [-0.25, -0.2) is 0 Å². The molecule has 3 unspecified atom stereocenters. The Balaban J connectivity index is 1.26. The smallest absolute Gasteiger partial charge is 0.255 e. The van der Waals surface area contributed by atoms with Crippen molar-refractivity contribution in [1.82, 2.24) is 15.1 Å². The van der Waals surface area contributed by atoms with Gasteiger partial charge in [0.05, 0.1) is 19.8 Å². The molecule has 0 aromatic heterocycles. The maximum atomic E-state index is 13.1. The molecule has 1 N–H and O–H groups in total. The van der Waals surface area contributed by atoms with Crippen LogP contribution in [0, 0.1) is 0 Å². The van der Waals surface area contributed by atoms with E-state index in [1.807, 2.05) is 12.1 Å². The molecular weight excluding hydrogens is 422 g/mol. The van der Waals surface area contributed by atoms with Crippen LogP contribution in [0.2, 0.25) is 0 Å². The molecule has 172 valence electrons. The fourth-order valence-electron chi connectivity index (χ4n) is 4.35. The van der Waals surface area contributed by atoms with Crippen molar-refractivity contribution in [2.75, 3.05) is 26.3 Å². The molecule has 2 fully saturated rings. The summed E-state index contributed by atoms with van der Waals surface area (Å²) in [4.78, 5) is 40.8. The molecule has 3 heterocycles. The van der Waals surface area contributed by atoms with Gasteiger partial charge in [0.15, 0.2) is 0 Å². The summed E-state index contributed by atoms with van der Waals surface area (Å²) in [6, 6.07) is 12.2. The van der Waals surface area contributed by atoms with Crippen molar-refractivity contribution in [3.8, 4) is 5.75 Å². The fraction of sp³-hybridized carbons (Fsp3) is 0.400. The van der Waals surface area contributed by atoms with Crippen molar-refractivity contribution in [2.45, 2.75) is 38.5 Å². The van der Waals surface area contributed by atoms with E-state index in [1.165, 1.54) is 10.5 Å². The molecule has 0 spiro atoms. The predicted molar refractivity (Wildman–Crippen MR) is 119 cm³/mol. The summed E-state index contributed by atoms with van der Waals surface area (Å²) in [6.45, 7) is 4.68. The number of benzene rings is 2. The van der Waals surface area contributed by atoms with Crippen LogP contribution in [-0.2, 0) is 34.0 Å². The van der Waals surface area contributed by atoms with Crippen LogP contribution in [0.3, 0.4) is 0 Å². The summed E-state index contributed by atoms with van der Waals surface area (Å²) in [5, 5.41) is 2.11. The minimum Gasteiger partial charge on any atom is -0.489 e. The third-order valence-electron chi connectivity index (χ3n) is 6.16. The van der Waals surface area contributed by atoms with Crippen LogP contribution in [0.15, 0.2) is 42.5 Å². The number of hydrogen-bond donors (Lipinski definition) is 1. The number of carbonyl (C=O) groups excluding carboxylic acids is 3. The van der Waals surface area contributed by atoms with E-state index in [0.29, 0.717) is 23.5 Å². The minimum absolute atomic E-state index is 0.0806. The highest BCUT2D eigenvalue weighted by Gasteiger charge is 2.40. The molecule has 2 aromatic carbocycles. The van der Waals surface area contributed by atoms with Crippen LogP contribution < -0.4 is 10.1 Å². The number of ether oxygens (including phenoxy) is 2. The Morgan fingerprint density at radius 2 is 1.82 bits per heavy atom. The highest BCUT2D eigenvalue weighted by molar-refractivity contribution is 6.05. The second-order valence-electron chi connectivity index (χ2n) is 8.37. The van der Waals surface area contributed by atoms with Crippen molar-refractivity contribution >= 4 is 17.7 Å². The zero-order valence-corrected chi connectivity index (χ0v) is 18.2. The van der Waals surface area contributed by atoms with Crippen LogP contribution >= 0.6 is 0 Å². The lowest BCUT2D eigenvalue weighted by atomic mass is 10.0. The van der Waals surface area contributed by atoms with E-state index in [2.05, 4.69) is 22.3 Å². The number of morpholine rings is 1. The zero-order valence-electron chi connectivity index (χ0n) is 20.2. The number of imide groups is 1. The molecule has 8 heteroatoms. The van der Waals surface area contributed by atoms with Crippen molar-refractivity contribution in [1.29, 1.82) is 0 Å². The van der Waals surface area contributed by atoms with Crippen LogP contribution in [0.1, 0.15) is 42.6 Å². The second kappa shape index (κ2) is 9.33. The Kier molecular flexibility index (Phi) is 5.44. The van der Waals surface area contributed by atoms with E-state index in [9.17, 15) is 14.4 Å². The van der Waals surface area contributed by atoms with E-state index in [4.69, 9.17) is 12.2 Å². The van der Waals surface area contributed by atoms with E-state index in [-0.39, 0.29) is 6.54 Å². The van der Waals surface area contributed by atoms with Gasteiger partial charge in [-0.05, 0) is 29.7 Å². The predicted octanol–water partition coefficient (Wildman–Crippen LogP) is 1.86. The van der Waals surface area contributed by atoms with Gasteiger partial charge >= 0.3 is 0 Å². The van der Waals surface area contributed by atoms with Gasteiger partial charge in [0, 0.05) is 39.9 Å². The number of nitrogens with zero attached hydrogens (tertiary/aromatic N) is 2. The summed E-state index contributed by atoms with van der Waals surface area (Å²) in [7, 11) is 0. The number of rotatable bonds is 6. The Hall–Kier alpha value is -3.23. The molecule has 3 amide bonds. The molecule has 3 aliphatic rings. The van der Waals surface area contributed by atoms with Crippen LogP contribution in [0.5, 0.6) is 5.75 Å². The molecular formula is C25H27N3O5. The summed E-state index contributed by atoms with van der Waals surface area (Å²) in [5.41, 5.74) is 3.25. The van der Waals surface area contributed by atoms with Gasteiger partial charge in [0.2, 0.25) is 11.8 Å². The lowest BCUT2D eigenvalue weighted by Crippen LogP contribution is -2.52. The molecule has 0 radical (unpaired) electrons. The first kappa shape index (κ1) is 19.3. The van der Waals surface area contributed by atoms with Crippen molar-refractivity contribution in [2.24, 2.45) is 0 Å². The topological polar surface area (TPSA) is 88.2 Å². The summed E-state index contributed by atoms with van der Waals surface area (Å²) >= 11 is 0. The van der Waals surface area contributed by atoms with E-state index in [0.717, 1.165) is 38.4 Å². The highest BCUT2D eigenvalue weighted by Crippen LogP contribution is 2.34. The molecule has 3 atom stereocenters. The number of nitrogens with one attached hydrogen (secondary N) is 1. The average molecular weight is 452 g/mol. The van der Waals surface area contributed by atoms with E-state index in [1.54, 1.807) is 18.2 Å². The Labute approximate surface area is 195 Å². The normalized spacial score (nSPS) is 26.5. The van der Waals surface area contributed by atoms with Gasteiger partial charge in [-0.1, -0.05) is 30.3 Å². The highest BCUT2D eigenvalue weighted by atomic mass is 16.5. The standard InChI is InChI=1S/C25H27N3O5/c29-23-9-8-21(24(30)26-23)28-15-20-19(25(28)31)2-1-3-22(20)33-16-18-6-4-17(5-7-18)14-27-10-12-32-13-11-27/h1-7,21H,8-16H2,(H,26,29,30)/i8D,9D. The van der Waals surface area contributed by atoms with Gasteiger partial charge in [-0.3, -0.25) is 24.6 Å². The van der Waals surface area contributed by atoms with E-state index < -0.39 is 36.6 Å². The maximum absolute atomic E-state index is 13.1.